The minimum absolute atomic E-state index is 0.00960. The molecule has 1 aliphatic rings. The van der Waals surface area contributed by atoms with Crippen LogP contribution in [0.15, 0.2) is 72.9 Å². The van der Waals surface area contributed by atoms with Gasteiger partial charge in [-0.05, 0) is 35.9 Å². The number of nitrogens with zero attached hydrogens (tertiary/aromatic N) is 7. The van der Waals surface area contributed by atoms with Gasteiger partial charge in [-0.3, -0.25) is 4.79 Å². The average molecular weight is 667 g/mol. The number of alkyl halides is 3. The van der Waals surface area contributed by atoms with E-state index in [9.17, 15) is 27.9 Å². The maximum atomic E-state index is 13.5. The van der Waals surface area contributed by atoms with Crippen LogP contribution in [0.25, 0.3) is 11.4 Å². The molecule has 2 aromatic carbocycles. The van der Waals surface area contributed by atoms with E-state index in [1.165, 1.54) is 17.8 Å². The van der Waals surface area contributed by atoms with Crippen LogP contribution in [0.5, 0.6) is 0 Å². The van der Waals surface area contributed by atoms with E-state index in [-0.39, 0.29) is 23.2 Å². The molecule has 0 aliphatic carbocycles. The van der Waals surface area contributed by atoms with E-state index in [4.69, 9.17) is 4.98 Å². The highest BCUT2D eigenvalue weighted by Gasteiger charge is 2.34. The second-order valence-electron chi connectivity index (χ2n) is 11.0. The first-order chi connectivity index (χ1) is 22.5. The van der Waals surface area contributed by atoms with Gasteiger partial charge in [-0.25, -0.2) is 24.7 Å². The largest absolute Gasteiger partial charge is 0.480 e. The summed E-state index contributed by atoms with van der Waals surface area (Å²) < 4.78 is 39.6. The standard InChI is InChI=1S/C32H33F3N8O3S/c1-41(2)23-10-8-22(9-11-23)28-37-24(29(44)38-25(30(45)46)20-47-19-21-6-4-3-5-7-21)18-27(40-28)42-14-16-43(17-15-42)31-36-13-12-26(39-31)32(33,34)35/h3-13,18,25H,14-17,19-20H2,1-2H3,(H,38,44)(H,45,46)/t25-/m0/s1. The van der Waals surface area contributed by atoms with Gasteiger partial charge in [0, 0.05) is 75.3 Å². The van der Waals surface area contributed by atoms with Crippen LogP contribution in [0.4, 0.5) is 30.6 Å². The monoisotopic (exact) mass is 666 g/mol. The second-order valence-corrected chi connectivity index (χ2v) is 12.0. The van der Waals surface area contributed by atoms with Gasteiger partial charge in [0.25, 0.3) is 5.91 Å². The quantitative estimate of drug-likeness (QED) is 0.236. The van der Waals surface area contributed by atoms with E-state index in [0.29, 0.717) is 43.3 Å². The zero-order valence-electron chi connectivity index (χ0n) is 25.7. The highest BCUT2D eigenvalue weighted by molar-refractivity contribution is 7.98. The number of piperazine rings is 1. The van der Waals surface area contributed by atoms with Crippen LogP contribution in [0.3, 0.4) is 0 Å². The van der Waals surface area contributed by atoms with Crippen molar-refractivity contribution in [2.75, 3.05) is 60.7 Å². The van der Waals surface area contributed by atoms with Crippen molar-refractivity contribution in [2.45, 2.75) is 18.0 Å². The number of anilines is 3. The number of hydrogen-bond acceptors (Lipinski definition) is 10. The van der Waals surface area contributed by atoms with Gasteiger partial charge in [0.05, 0.1) is 0 Å². The molecule has 5 rings (SSSR count). The van der Waals surface area contributed by atoms with Gasteiger partial charge in [0.1, 0.15) is 23.2 Å². The lowest BCUT2D eigenvalue weighted by Crippen LogP contribution is -2.47. The predicted octanol–water partition coefficient (Wildman–Crippen LogP) is 4.46. The summed E-state index contributed by atoms with van der Waals surface area (Å²) >= 11 is 1.39. The normalized spacial score (nSPS) is 14.1. The second kappa shape index (κ2) is 14.7. The van der Waals surface area contributed by atoms with Gasteiger partial charge in [0.15, 0.2) is 5.82 Å². The number of nitrogens with one attached hydrogen (secondary N) is 1. The number of aliphatic carboxylic acids is 1. The average Bonchev–Trinajstić information content (AvgIpc) is 3.07. The molecule has 3 heterocycles. The van der Waals surface area contributed by atoms with Crippen molar-refractivity contribution in [3.8, 4) is 11.4 Å². The topological polar surface area (TPSA) is 128 Å². The van der Waals surface area contributed by atoms with E-state index in [2.05, 4.69) is 20.3 Å². The number of carbonyl (C=O) groups excluding carboxylic acids is 1. The Morgan fingerprint density at radius 3 is 2.28 bits per heavy atom. The molecule has 0 unspecified atom stereocenters. The molecule has 0 saturated carbocycles. The van der Waals surface area contributed by atoms with Crippen LogP contribution in [-0.4, -0.2) is 89.0 Å². The summed E-state index contributed by atoms with van der Waals surface area (Å²) in [5.74, 6) is -0.425. The summed E-state index contributed by atoms with van der Waals surface area (Å²) in [6, 6.07) is 18.2. The maximum absolute atomic E-state index is 13.5. The number of halogens is 3. The molecule has 0 spiro atoms. The lowest BCUT2D eigenvalue weighted by Gasteiger charge is -2.35. The summed E-state index contributed by atoms with van der Waals surface area (Å²) in [4.78, 5) is 48.0. The van der Waals surface area contributed by atoms with E-state index >= 15 is 0 Å². The van der Waals surface area contributed by atoms with E-state index in [0.717, 1.165) is 23.5 Å². The number of aromatic nitrogens is 4. The van der Waals surface area contributed by atoms with Crippen LogP contribution < -0.4 is 20.0 Å². The fourth-order valence-corrected chi connectivity index (χ4v) is 5.83. The molecule has 2 aromatic heterocycles. The van der Waals surface area contributed by atoms with Crippen molar-refractivity contribution in [3.63, 3.8) is 0 Å². The molecule has 1 atom stereocenters. The van der Waals surface area contributed by atoms with E-state index in [1.54, 1.807) is 4.90 Å². The Morgan fingerprint density at radius 2 is 1.64 bits per heavy atom. The molecule has 1 saturated heterocycles. The third-order valence-corrected chi connectivity index (χ3v) is 8.51. The van der Waals surface area contributed by atoms with Gasteiger partial charge in [-0.2, -0.15) is 24.9 Å². The molecule has 11 nitrogen and oxygen atoms in total. The number of carboxylic acid groups (broad SMARTS) is 1. The van der Waals surface area contributed by atoms with E-state index < -0.39 is 29.8 Å². The van der Waals surface area contributed by atoms with Gasteiger partial charge in [-0.1, -0.05) is 30.3 Å². The molecule has 1 amide bonds. The Morgan fingerprint density at radius 1 is 0.957 bits per heavy atom. The molecule has 1 aliphatic heterocycles. The molecule has 0 radical (unpaired) electrons. The van der Waals surface area contributed by atoms with Crippen LogP contribution in [0, 0.1) is 0 Å². The zero-order chi connectivity index (χ0) is 33.6. The minimum Gasteiger partial charge on any atom is -0.480 e. The first-order valence-electron chi connectivity index (χ1n) is 14.7. The Hall–Kier alpha value is -4.92. The van der Waals surface area contributed by atoms with Crippen LogP contribution in [-0.2, 0) is 16.7 Å². The summed E-state index contributed by atoms with van der Waals surface area (Å²) in [5.41, 5.74) is 1.62. The first-order valence-corrected chi connectivity index (χ1v) is 15.9. The number of amides is 1. The fourth-order valence-electron chi connectivity index (χ4n) is 4.82. The Kier molecular flexibility index (Phi) is 10.4. The van der Waals surface area contributed by atoms with Gasteiger partial charge < -0.3 is 25.1 Å². The van der Waals surface area contributed by atoms with Crippen LogP contribution in [0.2, 0.25) is 0 Å². The summed E-state index contributed by atoms with van der Waals surface area (Å²) in [7, 11) is 3.82. The number of thioether (sulfide) groups is 1. The smallest absolute Gasteiger partial charge is 0.433 e. The van der Waals surface area contributed by atoms with Crippen molar-refractivity contribution >= 4 is 41.1 Å². The maximum Gasteiger partial charge on any atom is 0.433 e. The molecule has 1 fully saturated rings. The minimum atomic E-state index is -4.58. The molecule has 0 bridgehead atoms. The number of rotatable bonds is 11. The van der Waals surface area contributed by atoms with Gasteiger partial charge in [0.2, 0.25) is 5.95 Å². The summed E-state index contributed by atoms with van der Waals surface area (Å²) in [6.07, 6.45) is -3.50. The lowest BCUT2D eigenvalue weighted by atomic mass is 10.1. The van der Waals surface area contributed by atoms with Crippen LogP contribution in [0.1, 0.15) is 21.7 Å². The predicted molar refractivity (Wildman–Crippen MR) is 175 cm³/mol. The molecule has 47 heavy (non-hydrogen) atoms. The third kappa shape index (κ3) is 8.67. The van der Waals surface area contributed by atoms with E-state index in [1.807, 2.05) is 78.5 Å². The highest BCUT2D eigenvalue weighted by Crippen LogP contribution is 2.29. The molecule has 2 N–H and O–H groups in total. The molecule has 4 aromatic rings. The Bertz CT molecular complexity index is 1690. The van der Waals surface area contributed by atoms with Gasteiger partial charge >= 0.3 is 12.1 Å². The van der Waals surface area contributed by atoms with Crippen molar-refractivity contribution in [1.82, 2.24) is 25.3 Å². The van der Waals surface area contributed by atoms with Crippen molar-refractivity contribution in [2.24, 2.45) is 0 Å². The lowest BCUT2D eigenvalue weighted by molar-refractivity contribution is -0.141. The SMILES string of the molecule is CN(C)c1ccc(-c2nc(C(=O)N[C@@H](CSCc3ccccc3)C(=O)O)cc(N3CCN(c4nccc(C(F)(F)F)n4)CC3)n2)cc1. The Balaban J connectivity index is 1.36. The van der Waals surface area contributed by atoms with Crippen LogP contribution >= 0.6 is 11.8 Å². The fraction of sp³-hybridized carbons (Fsp3) is 0.312. The number of carbonyl (C=O) groups is 2. The number of benzene rings is 2. The zero-order valence-corrected chi connectivity index (χ0v) is 26.5. The van der Waals surface area contributed by atoms with Crippen molar-refractivity contribution < 1.29 is 27.9 Å². The molecular weight excluding hydrogens is 633 g/mol. The molecular formula is C32H33F3N8O3S. The van der Waals surface area contributed by atoms with Crippen molar-refractivity contribution in [3.05, 3.63) is 89.9 Å². The molecule has 15 heteroatoms. The highest BCUT2D eigenvalue weighted by atomic mass is 32.2. The first kappa shape index (κ1) is 33.4. The third-order valence-electron chi connectivity index (χ3n) is 7.41. The Labute approximate surface area is 273 Å². The summed E-state index contributed by atoms with van der Waals surface area (Å²) in [5, 5.41) is 12.5. The number of hydrogen-bond donors (Lipinski definition) is 2. The summed E-state index contributed by atoms with van der Waals surface area (Å²) in [6.45, 7) is 1.31. The van der Waals surface area contributed by atoms with Crippen molar-refractivity contribution in [1.29, 1.82) is 0 Å². The molecule has 246 valence electrons. The van der Waals surface area contributed by atoms with Gasteiger partial charge in [-0.15, -0.1) is 0 Å². The number of carboxylic acids is 1.